The van der Waals surface area contributed by atoms with Gasteiger partial charge in [0.05, 0.1) is 0 Å². The van der Waals surface area contributed by atoms with E-state index in [4.69, 9.17) is 5.11 Å². The van der Waals surface area contributed by atoms with Gasteiger partial charge in [-0.2, -0.15) is 0 Å². The largest absolute Gasteiger partial charge is 0.478 e. The molecular formula is C8H11NO3. The van der Waals surface area contributed by atoms with Crippen LogP contribution in [0.25, 0.3) is 0 Å². The van der Waals surface area contributed by atoms with Crippen LogP contribution in [0.4, 0.5) is 0 Å². The molecule has 0 bridgehead atoms. The highest BCUT2D eigenvalue weighted by atomic mass is 16.4. The summed E-state index contributed by atoms with van der Waals surface area (Å²) in [6.45, 7) is 5.70. The number of aliphatic carboxylic acids is 1. The van der Waals surface area contributed by atoms with E-state index in [9.17, 15) is 9.59 Å². The van der Waals surface area contributed by atoms with Gasteiger partial charge in [0, 0.05) is 18.7 Å². The van der Waals surface area contributed by atoms with E-state index in [1.165, 1.54) is 0 Å². The molecule has 0 saturated carbocycles. The van der Waals surface area contributed by atoms with E-state index in [2.05, 4.69) is 11.9 Å². The lowest BCUT2D eigenvalue weighted by molar-refractivity contribution is -0.131. The van der Waals surface area contributed by atoms with Crippen LogP contribution < -0.4 is 5.32 Å². The molecule has 4 heteroatoms. The smallest absolute Gasteiger partial charge is 0.328 e. The van der Waals surface area contributed by atoms with Crippen molar-refractivity contribution in [3.05, 3.63) is 24.3 Å². The highest BCUT2D eigenvalue weighted by Crippen LogP contribution is 1.82. The zero-order valence-corrected chi connectivity index (χ0v) is 6.83. The summed E-state index contributed by atoms with van der Waals surface area (Å²) in [7, 11) is 0. The molecule has 0 heterocycles. The second kappa shape index (κ2) is 5.12. The van der Waals surface area contributed by atoms with E-state index in [1.807, 2.05) is 0 Å². The van der Waals surface area contributed by atoms with Gasteiger partial charge >= 0.3 is 5.97 Å². The summed E-state index contributed by atoms with van der Waals surface area (Å²) in [6.07, 6.45) is 1.75. The van der Waals surface area contributed by atoms with Crippen LogP contribution >= 0.6 is 0 Å². The van der Waals surface area contributed by atoms with E-state index in [0.29, 0.717) is 6.54 Å². The number of rotatable bonds is 4. The van der Waals surface area contributed by atoms with Crippen LogP contribution in [0.3, 0.4) is 0 Å². The Hall–Kier alpha value is -1.58. The summed E-state index contributed by atoms with van der Waals surface area (Å²) >= 11 is 0. The van der Waals surface area contributed by atoms with Crippen LogP contribution in [0.2, 0.25) is 0 Å². The van der Waals surface area contributed by atoms with Crippen molar-refractivity contribution in [1.82, 2.24) is 5.32 Å². The number of nitrogens with one attached hydrogen (secondary N) is 1. The quantitative estimate of drug-likeness (QED) is 0.470. The first-order chi connectivity index (χ1) is 5.52. The normalized spacial score (nSPS) is 9.75. The summed E-state index contributed by atoms with van der Waals surface area (Å²) in [5.41, 5.74) is 0.812. The zero-order valence-electron chi connectivity index (χ0n) is 6.83. The third-order valence-electron chi connectivity index (χ3n) is 0.942. The number of hydrogen-bond donors (Lipinski definition) is 2. The molecular weight excluding hydrogens is 158 g/mol. The molecule has 0 radical (unpaired) electrons. The van der Waals surface area contributed by atoms with Crippen LogP contribution in [-0.4, -0.2) is 23.5 Å². The highest BCUT2D eigenvalue weighted by Gasteiger charge is 1.94. The molecule has 1 amide bonds. The molecule has 0 aliphatic heterocycles. The van der Waals surface area contributed by atoms with Crippen molar-refractivity contribution < 1.29 is 14.7 Å². The summed E-state index contributed by atoms with van der Waals surface area (Å²) in [5, 5.41) is 10.6. The van der Waals surface area contributed by atoms with Gasteiger partial charge in [-0.15, -0.1) is 0 Å². The molecule has 4 nitrogen and oxygen atoms in total. The Morgan fingerprint density at radius 3 is 2.50 bits per heavy atom. The Morgan fingerprint density at radius 1 is 1.50 bits per heavy atom. The van der Waals surface area contributed by atoms with Crippen molar-refractivity contribution in [2.45, 2.75) is 6.92 Å². The summed E-state index contributed by atoms with van der Waals surface area (Å²) in [6, 6.07) is 0. The maximum Gasteiger partial charge on any atom is 0.328 e. The molecule has 2 N–H and O–H groups in total. The first-order valence-electron chi connectivity index (χ1n) is 3.35. The van der Waals surface area contributed by atoms with Crippen molar-refractivity contribution in [3.63, 3.8) is 0 Å². The Labute approximate surface area is 70.6 Å². The predicted octanol–water partition coefficient (Wildman–Crippen LogP) is 0.319. The lowest BCUT2D eigenvalue weighted by Gasteiger charge is -1.98. The molecule has 0 aromatic heterocycles. The number of hydrogen-bond acceptors (Lipinski definition) is 2. The van der Waals surface area contributed by atoms with Crippen molar-refractivity contribution in [2.75, 3.05) is 6.54 Å². The van der Waals surface area contributed by atoms with Crippen LogP contribution in [0.1, 0.15) is 6.92 Å². The minimum atomic E-state index is -1.14. The van der Waals surface area contributed by atoms with Gasteiger partial charge < -0.3 is 10.4 Å². The topological polar surface area (TPSA) is 66.4 Å². The first kappa shape index (κ1) is 10.4. The average Bonchev–Trinajstić information content (AvgIpc) is 1.96. The molecule has 0 fully saturated rings. The molecule has 0 aromatic carbocycles. The molecule has 0 saturated heterocycles. The van der Waals surface area contributed by atoms with Crippen molar-refractivity contribution >= 4 is 11.9 Å². The molecule has 0 spiro atoms. The average molecular weight is 169 g/mol. The molecule has 66 valence electrons. The lowest BCUT2D eigenvalue weighted by Crippen LogP contribution is -2.22. The minimum Gasteiger partial charge on any atom is -0.478 e. The molecule has 0 unspecified atom stereocenters. The predicted molar refractivity (Wildman–Crippen MR) is 44.6 cm³/mol. The van der Waals surface area contributed by atoms with Gasteiger partial charge in [0.2, 0.25) is 5.91 Å². The first-order valence-corrected chi connectivity index (χ1v) is 3.35. The second-order valence-corrected chi connectivity index (χ2v) is 2.35. The number of carboxylic acids is 1. The van der Waals surface area contributed by atoms with E-state index in [0.717, 1.165) is 17.7 Å². The third kappa shape index (κ3) is 6.54. The van der Waals surface area contributed by atoms with E-state index < -0.39 is 11.9 Å². The van der Waals surface area contributed by atoms with Crippen molar-refractivity contribution in [2.24, 2.45) is 0 Å². The standard InChI is InChI=1S/C8H11NO3/c1-6(2)5-9-7(10)3-4-8(11)12/h3-4H,1,5H2,2H3,(H,9,10)(H,11,12). The van der Waals surface area contributed by atoms with Crippen molar-refractivity contribution in [3.8, 4) is 0 Å². The lowest BCUT2D eigenvalue weighted by atomic mass is 10.3. The summed E-state index contributed by atoms with van der Waals surface area (Å²) in [4.78, 5) is 20.7. The SMILES string of the molecule is C=C(C)CNC(=O)C=CC(=O)O. The minimum absolute atomic E-state index is 0.364. The van der Waals surface area contributed by atoms with Gasteiger partial charge in [-0.05, 0) is 6.92 Å². The number of carbonyl (C=O) groups is 2. The number of carbonyl (C=O) groups excluding carboxylic acids is 1. The van der Waals surface area contributed by atoms with Gasteiger partial charge in [-0.1, -0.05) is 12.2 Å². The molecule has 0 aliphatic carbocycles. The summed E-state index contributed by atoms with van der Waals surface area (Å²) in [5.74, 6) is -1.57. The van der Waals surface area contributed by atoms with E-state index >= 15 is 0 Å². The van der Waals surface area contributed by atoms with Crippen LogP contribution in [-0.2, 0) is 9.59 Å². The Kier molecular flexibility index (Phi) is 4.45. The van der Waals surface area contributed by atoms with Crippen LogP contribution in [0, 0.1) is 0 Å². The van der Waals surface area contributed by atoms with E-state index in [1.54, 1.807) is 6.92 Å². The van der Waals surface area contributed by atoms with Crippen LogP contribution in [0.5, 0.6) is 0 Å². The maximum absolute atomic E-state index is 10.7. The van der Waals surface area contributed by atoms with Gasteiger partial charge in [0.15, 0.2) is 0 Å². The highest BCUT2D eigenvalue weighted by molar-refractivity contribution is 5.93. The number of carboxylic acid groups (broad SMARTS) is 1. The third-order valence-corrected chi connectivity index (χ3v) is 0.942. The van der Waals surface area contributed by atoms with Gasteiger partial charge in [0.1, 0.15) is 0 Å². The second-order valence-electron chi connectivity index (χ2n) is 2.35. The fourth-order valence-electron chi connectivity index (χ4n) is 0.444. The molecule has 0 aromatic rings. The molecule has 12 heavy (non-hydrogen) atoms. The monoisotopic (exact) mass is 169 g/mol. The fraction of sp³-hybridized carbons (Fsp3) is 0.250. The van der Waals surface area contributed by atoms with Gasteiger partial charge in [-0.3, -0.25) is 4.79 Å². The Morgan fingerprint density at radius 2 is 2.08 bits per heavy atom. The number of amides is 1. The molecule has 0 atom stereocenters. The fourth-order valence-corrected chi connectivity index (χ4v) is 0.444. The van der Waals surface area contributed by atoms with Crippen LogP contribution in [0.15, 0.2) is 24.3 Å². The Balaban J connectivity index is 3.75. The van der Waals surface area contributed by atoms with Crippen molar-refractivity contribution in [1.29, 1.82) is 0 Å². The van der Waals surface area contributed by atoms with Gasteiger partial charge in [0.25, 0.3) is 0 Å². The molecule has 0 rings (SSSR count). The summed E-state index contributed by atoms with van der Waals surface area (Å²) < 4.78 is 0. The van der Waals surface area contributed by atoms with Gasteiger partial charge in [-0.25, -0.2) is 4.79 Å². The Bertz CT molecular complexity index is 230. The zero-order chi connectivity index (χ0) is 9.56. The maximum atomic E-state index is 10.7. The molecule has 0 aliphatic rings. The van der Waals surface area contributed by atoms with E-state index in [-0.39, 0.29) is 0 Å².